The molecule has 1 aliphatic heterocycles. The second-order valence-electron chi connectivity index (χ2n) is 7.63. The van der Waals surface area contributed by atoms with Gasteiger partial charge in [0.25, 0.3) is 0 Å². The van der Waals surface area contributed by atoms with E-state index in [1.807, 2.05) is 12.3 Å². The summed E-state index contributed by atoms with van der Waals surface area (Å²) in [5.74, 6) is 1.88. The molecule has 8 heteroatoms. The number of pyridine rings is 1. The quantitative estimate of drug-likeness (QED) is 0.298. The number of hydrogen-bond acceptors (Lipinski definition) is 5. The summed E-state index contributed by atoms with van der Waals surface area (Å²) in [7, 11) is 0. The molecule has 0 saturated carbocycles. The van der Waals surface area contributed by atoms with Gasteiger partial charge in [-0.05, 0) is 40.7 Å². The molecule has 7 nitrogen and oxygen atoms in total. The standard InChI is InChI=1S/C21H38N6O.HI/c1-6-22-21(24-10-11-27(17(2)3)18(4)5)25-16-19-8-7-9-23-20(19)26-12-14-28-15-13-26;/h7-9,17-18H,6,10-16H2,1-5H3,(H2,22,24,25);1H. The highest BCUT2D eigenvalue weighted by Crippen LogP contribution is 2.19. The molecule has 1 saturated heterocycles. The van der Waals surface area contributed by atoms with Crippen molar-refractivity contribution in [2.45, 2.75) is 53.2 Å². The van der Waals surface area contributed by atoms with Crippen LogP contribution in [0.15, 0.2) is 23.3 Å². The highest BCUT2D eigenvalue weighted by molar-refractivity contribution is 14.0. The van der Waals surface area contributed by atoms with Crippen LogP contribution in [-0.4, -0.2) is 73.9 Å². The smallest absolute Gasteiger partial charge is 0.191 e. The van der Waals surface area contributed by atoms with Crippen LogP contribution in [0.5, 0.6) is 0 Å². The van der Waals surface area contributed by atoms with Crippen molar-refractivity contribution in [2.75, 3.05) is 50.8 Å². The average molecular weight is 518 g/mol. The Hall–Kier alpha value is -1.13. The molecule has 0 bridgehead atoms. The summed E-state index contributed by atoms with van der Waals surface area (Å²) in [6.45, 7) is 17.6. The van der Waals surface area contributed by atoms with Crippen molar-refractivity contribution in [3.05, 3.63) is 23.9 Å². The first-order valence-electron chi connectivity index (χ1n) is 10.6. The summed E-state index contributed by atoms with van der Waals surface area (Å²) < 4.78 is 5.47. The van der Waals surface area contributed by atoms with E-state index in [4.69, 9.17) is 9.73 Å². The third-order valence-electron chi connectivity index (χ3n) is 4.92. The van der Waals surface area contributed by atoms with Gasteiger partial charge in [0, 0.05) is 56.6 Å². The van der Waals surface area contributed by atoms with Crippen LogP contribution in [0.2, 0.25) is 0 Å². The first kappa shape index (κ1) is 25.9. The minimum Gasteiger partial charge on any atom is -0.378 e. The molecule has 1 aromatic heterocycles. The van der Waals surface area contributed by atoms with Gasteiger partial charge in [0.05, 0.1) is 19.8 Å². The van der Waals surface area contributed by atoms with Crippen LogP contribution in [0.4, 0.5) is 5.82 Å². The second kappa shape index (κ2) is 14.0. The number of rotatable bonds is 9. The minimum absolute atomic E-state index is 0. The van der Waals surface area contributed by atoms with E-state index >= 15 is 0 Å². The molecule has 166 valence electrons. The zero-order valence-electron chi connectivity index (χ0n) is 18.6. The Morgan fingerprint density at radius 2 is 1.90 bits per heavy atom. The first-order chi connectivity index (χ1) is 13.5. The zero-order chi connectivity index (χ0) is 20.4. The van der Waals surface area contributed by atoms with E-state index in [1.165, 1.54) is 0 Å². The lowest BCUT2D eigenvalue weighted by molar-refractivity contribution is 0.122. The van der Waals surface area contributed by atoms with Gasteiger partial charge in [-0.15, -0.1) is 24.0 Å². The van der Waals surface area contributed by atoms with E-state index in [1.54, 1.807) is 0 Å². The molecule has 0 spiro atoms. The lowest BCUT2D eigenvalue weighted by Gasteiger charge is -2.30. The fourth-order valence-electron chi connectivity index (χ4n) is 3.54. The molecule has 2 rings (SSSR count). The van der Waals surface area contributed by atoms with Gasteiger partial charge in [0.15, 0.2) is 5.96 Å². The van der Waals surface area contributed by atoms with Crippen molar-refractivity contribution in [2.24, 2.45) is 4.99 Å². The van der Waals surface area contributed by atoms with Crippen molar-refractivity contribution in [3.63, 3.8) is 0 Å². The van der Waals surface area contributed by atoms with Crippen molar-refractivity contribution >= 4 is 35.8 Å². The van der Waals surface area contributed by atoms with Crippen LogP contribution in [0.25, 0.3) is 0 Å². The summed E-state index contributed by atoms with van der Waals surface area (Å²) in [6.07, 6.45) is 1.86. The maximum absolute atomic E-state index is 5.47. The predicted molar refractivity (Wildman–Crippen MR) is 132 cm³/mol. The molecule has 0 atom stereocenters. The van der Waals surface area contributed by atoms with Crippen molar-refractivity contribution < 1.29 is 4.74 Å². The van der Waals surface area contributed by atoms with E-state index < -0.39 is 0 Å². The molecular formula is C21H39IN6O. The number of aromatic nitrogens is 1. The number of aliphatic imine (C=N–C) groups is 1. The lowest BCUT2D eigenvalue weighted by atomic mass is 10.2. The van der Waals surface area contributed by atoms with E-state index in [0.717, 1.165) is 63.3 Å². The van der Waals surface area contributed by atoms with Crippen LogP contribution in [0.3, 0.4) is 0 Å². The molecule has 29 heavy (non-hydrogen) atoms. The molecule has 2 heterocycles. The van der Waals surface area contributed by atoms with Crippen LogP contribution >= 0.6 is 24.0 Å². The van der Waals surface area contributed by atoms with Crippen molar-refractivity contribution in [1.29, 1.82) is 0 Å². The van der Waals surface area contributed by atoms with Crippen molar-refractivity contribution in [1.82, 2.24) is 20.5 Å². The van der Waals surface area contributed by atoms with E-state index in [-0.39, 0.29) is 24.0 Å². The highest BCUT2D eigenvalue weighted by Gasteiger charge is 2.16. The molecule has 1 aliphatic rings. The highest BCUT2D eigenvalue weighted by atomic mass is 127. The summed E-state index contributed by atoms with van der Waals surface area (Å²) in [6, 6.07) is 5.17. The number of hydrogen-bond donors (Lipinski definition) is 2. The predicted octanol–water partition coefficient (Wildman–Crippen LogP) is 2.71. The molecule has 0 unspecified atom stereocenters. The molecule has 1 aromatic rings. The lowest BCUT2D eigenvalue weighted by Crippen LogP contribution is -2.45. The van der Waals surface area contributed by atoms with Crippen LogP contribution in [0, 0.1) is 0 Å². The van der Waals surface area contributed by atoms with Crippen LogP contribution in [0.1, 0.15) is 40.2 Å². The van der Waals surface area contributed by atoms with Gasteiger partial charge in [-0.3, -0.25) is 4.90 Å². The number of anilines is 1. The summed E-state index contributed by atoms with van der Waals surface area (Å²) in [5, 5.41) is 6.82. The Bertz CT molecular complexity index is 597. The van der Waals surface area contributed by atoms with Gasteiger partial charge < -0.3 is 20.3 Å². The number of morpholine rings is 1. The Balaban J connectivity index is 0.00000420. The topological polar surface area (TPSA) is 65.0 Å². The van der Waals surface area contributed by atoms with Crippen molar-refractivity contribution in [3.8, 4) is 0 Å². The monoisotopic (exact) mass is 518 g/mol. The van der Waals surface area contributed by atoms with E-state index in [9.17, 15) is 0 Å². The number of guanidine groups is 1. The number of ether oxygens (including phenoxy) is 1. The fraction of sp³-hybridized carbons (Fsp3) is 0.714. The molecular weight excluding hydrogens is 479 g/mol. The SMILES string of the molecule is CCNC(=NCc1cccnc1N1CCOCC1)NCCN(C(C)C)C(C)C.I. The Morgan fingerprint density at radius 1 is 1.21 bits per heavy atom. The molecule has 1 fully saturated rings. The van der Waals surface area contributed by atoms with Gasteiger partial charge in [0.2, 0.25) is 0 Å². The number of halogens is 1. The van der Waals surface area contributed by atoms with Gasteiger partial charge >= 0.3 is 0 Å². The Morgan fingerprint density at radius 3 is 2.52 bits per heavy atom. The average Bonchev–Trinajstić information content (AvgIpc) is 2.69. The van der Waals surface area contributed by atoms with Gasteiger partial charge in [-0.2, -0.15) is 0 Å². The first-order valence-corrected chi connectivity index (χ1v) is 10.6. The number of nitrogens with zero attached hydrogens (tertiary/aromatic N) is 4. The van der Waals surface area contributed by atoms with Gasteiger partial charge in [-0.1, -0.05) is 6.07 Å². The Kier molecular flexibility index (Phi) is 12.5. The third kappa shape index (κ3) is 8.64. The maximum Gasteiger partial charge on any atom is 0.191 e. The molecule has 0 radical (unpaired) electrons. The fourth-order valence-corrected chi connectivity index (χ4v) is 3.54. The van der Waals surface area contributed by atoms with Gasteiger partial charge in [-0.25, -0.2) is 9.98 Å². The molecule has 2 N–H and O–H groups in total. The second-order valence-corrected chi connectivity index (χ2v) is 7.63. The summed E-state index contributed by atoms with van der Waals surface area (Å²) in [5.41, 5.74) is 1.15. The molecule has 0 amide bonds. The van der Waals surface area contributed by atoms with Gasteiger partial charge in [0.1, 0.15) is 5.82 Å². The molecule has 0 aliphatic carbocycles. The van der Waals surface area contributed by atoms with Crippen LogP contribution in [-0.2, 0) is 11.3 Å². The number of nitrogens with one attached hydrogen (secondary N) is 2. The summed E-state index contributed by atoms with van der Waals surface area (Å²) >= 11 is 0. The normalized spacial score (nSPS) is 15.0. The largest absolute Gasteiger partial charge is 0.378 e. The van der Waals surface area contributed by atoms with Crippen LogP contribution < -0.4 is 15.5 Å². The third-order valence-corrected chi connectivity index (χ3v) is 4.92. The molecule has 0 aromatic carbocycles. The van der Waals surface area contributed by atoms with E-state index in [0.29, 0.717) is 18.6 Å². The zero-order valence-corrected chi connectivity index (χ0v) is 21.0. The summed E-state index contributed by atoms with van der Waals surface area (Å²) in [4.78, 5) is 14.2. The van der Waals surface area contributed by atoms with E-state index in [2.05, 4.69) is 66.1 Å². The minimum atomic E-state index is 0. The Labute approximate surface area is 193 Å². The maximum atomic E-state index is 5.47.